The van der Waals surface area contributed by atoms with E-state index in [2.05, 4.69) is 20.3 Å². The fraction of sp³-hybridized carbons (Fsp3) is 0.118. The van der Waals surface area contributed by atoms with E-state index in [1.54, 1.807) is 32.7 Å². The summed E-state index contributed by atoms with van der Waals surface area (Å²) in [6.07, 6.45) is 3.37. The molecule has 0 saturated carbocycles. The van der Waals surface area contributed by atoms with E-state index in [-0.39, 0.29) is 0 Å². The summed E-state index contributed by atoms with van der Waals surface area (Å²) in [6.45, 7) is 0. The Morgan fingerprint density at radius 2 is 1.92 bits per heavy atom. The Morgan fingerprint density at radius 3 is 2.62 bits per heavy atom. The zero-order chi connectivity index (χ0) is 16.9. The van der Waals surface area contributed by atoms with Crippen LogP contribution in [0.2, 0.25) is 5.15 Å². The molecule has 3 rings (SSSR count). The van der Waals surface area contributed by atoms with Crippen LogP contribution < -0.4 is 14.8 Å². The van der Waals surface area contributed by atoms with Gasteiger partial charge in [-0.3, -0.25) is 4.98 Å². The summed E-state index contributed by atoms with van der Waals surface area (Å²) in [4.78, 5) is 12.8. The molecule has 0 bridgehead atoms. The number of pyridine rings is 1. The first-order chi connectivity index (χ1) is 11.7. The Balaban J connectivity index is 1.98. The summed E-state index contributed by atoms with van der Waals surface area (Å²) in [5, 5.41) is 3.52. The van der Waals surface area contributed by atoms with Crippen LogP contribution >= 0.6 is 11.6 Å². The summed E-state index contributed by atoms with van der Waals surface area (Å²) in [5.74, 6) is 2.39. The molecule has 0 amide bonds. The number of aromatic nitrogens is 3. The highest BCUT2D eigenvalue weighted by Crippen LogP contribution is 2.32. The minimum absolute atomic E-state index is 0.327. The Kier molecular flexibility index (Phi) is 4.77. The summed E-state index contributed by atoms with van der Waals surface area (Å²) >= 11 is 6.13. The van der Waals surface area contributed by atoms with Crippen molar-refractivity contribution < 1.29 is 9.47 Å². The molecule has 2 heterocycles. The van der Waals surface area contributed by atoms with E-state index < -0.39 is 0 Å². The van der Waals surface area contributed by atoms with Gasteiger partial charge in [-0.15, -0.1) is 0 Å². The van der Waals surface area contributed by atoms with E-state index >= 15 is 0 Å². The van der Waals surface area contributed by atoms with Crippen LogP contribution in [0.3, 0.4) is 0 Å². The summed E-state index contributed by atoms with van der Waals surface area (Å²) in [7, 11) is 3.20. The Bertz CT molecular complexity index is 843. The van der Waals surface area contributed by atoms with Crippen molar-refractivity contribution in [3.63, 3.8) is 0 Å². The molecular weight excluding hydrogens is 328 g/mol. The molecule has 3 aromatic rings. The Morgan fingerprint density at radius 1 is 1.04 bits per heavy atom. The molecule has 7 heteroatoms. The molecule has 2 aromatic heterocycles. The molecule has 0 aliphatic rings. The van der Waals surface area contributed by atoms with E-state index in [9.17, 15) is 0 Å². The van der Waals surface area contributed by atoms with E-state index in [4.69, 9.17) is 21.1 Å². The normalized spacial score (nSPS) is 10.3. The van der Waals surface area contributed by atoms with Crippen LogP contribution in [0.1, 0.15) is 0 Å². The van der Waals surface area contributed by atoms with Crippen molar-refractivity contribution in [2.45, 2.75) is 0 Å². The predicted molar refractivity (Wildman–Crippen MR) is 93.1 cm³/mol. The fourth-order valence-corrected chi connectivity index (χ4v) is 2.34. The number of ether oxygens (including phenoxy) is 2. The first-order valence-corrected chi connectivity index (χ1v) is 7.51. The molecule has 1 N–H and O–H groups in total. The first-order valence-electron chi connectivity index (χ1n) is 7.13. The Labute approximate surface area is 144 Å². The molecule has 0 saturated heterocycles. The minimum Gasteiger partial charge on any atom is -0.497 e. The van der Waals surface area contributed by atoms with Gasteiger partial charge in [0.15, 0.2) is 5.82 Å². The molecule has 0 unspecified atom stereocenters. The third-order valence-electron chi connectivity index (χ3n) is 3.28. The topological polar surface area (TPSA) is 69.2 Å². The molecule has 6 nitrogen and oxygen atoms in total. The minimum atomic E-state index is 0.327. The highest BCUT2D eigenvalue weighted by Gasteiger charge is 2.10. The van der Waals surface area contributed by atoms with E-state index in [1.165, 1.54) is 0 Å². The number of hydrogen-bond donors (Lipinski definition) is 1. The van der Waals surface area contributed by atoms with Gasteiger partial charge >= 0.3 is 0 Å². The monoisotopic (exact) mass is 342 g/mol. The van der Waals surface area contributed by atoms with Crippen molar-refractivity contribution >= 4 is 23.1 Å². The molecule has 0 atom stereocenters. The van der Waals surface area contributed by atoms with E-state index in [0.29, 0.717) is 34.0 Å². The van der Waals surface area contributed by atoms with Crippen LogP contribution in [0.25, 0.3) is 11.4 Å². The standard InChI is InChI=1S/C17H15ClN4O2/c1-23-12-5-6-14(24-2)13(8-12)20-16-9-15(18)21-17(22-16)11-4-3-7-19-10-11/h3-10H,1-2H3,(H,20,21,22). The molecule has 0 radical (unpaired) electrons. The molecule has 0 fully saturated rings. The molecule has 24 heavy (non-hydrogen) atoms. The lowest BCUT2D eigenvalue weighted by atomic mass is 10.2. The predicted octanol–water partition coefficient (Wildman–Crippen LogP) is 3.95. The van der Waals surface area contributed by atoms with Crippen molar-refractivity contribution in [1.82, 2.24) is 15.0 Å². The SMILES string of the molecule is COc1ccc(OC)c(Nc2cc(Cl)nc(-c3cccnc3)n2)c1. The molecule has 122 valence electrons. The van der Waals surface area contributed by atoms with Crippen molar-refractivity contribution in [2.75, 3.05) is 19.5 Å². The molecule has 1 aromatic carbocycles. The largest absolute Gasteiger partial charge is 0.497 e. The van der Waals surface area contributed by atoms with Gasteiger partial charge in [0.05, 0.1) is 19.9 Å². The van der Waals surface area contributed by atoms with Gasteiger partial charge in [-0.05, 0) is 24.3 Å². The van der Waals surface area contributed by atoms with E-state index in [0.717, 1.165) is 5.56 Å². The van der Waals surface area contributed by atoms with Crippen LogP contribution in [0.15, 0.2) is 48.8 Å². The van der Waals surface area contributed by atoms with Gasteiger partial charge in [-0.1, -0.05) is 11.6 Å². The van der Waals surface area contributed by atoms with Gasteiger partial charge in [0.25, 0.3) is 0 Å². The lowest BCUT2D eigenvalue weighted by Gasteiger charge is -2.13. The third kappa shape index (κ3) is 3.55. The maximum Gasteiger partial charge on any atom is 0.164 e. The number of anilines is 2. The van der Waals surface area contributed by atoms with Crippen molar-refractivity contribution in [3.8, 4) is 22.9 Å². The van der Waals surface area contributed by atoms with E-state index in [1.807, 2.05) is 30.3 Å². The Hall–Kier alpha value is -2.86. The number of methoxy groups -OCH3 is 2. The zero-order valence-corrected chi connectivity index (χ0v) is 13.9. The number of hydrogen-bond acceptors (Lipinski definition) is 6. The van der Waals surface area contributed by atoms with Crippen LogP contribution in [0.5, 0.6) is 11.5 Å². The van der Waals surface area contributed by atoms with Crippen molar-refractivity contribution in [2.24, 2.45) is 0 Å². The number of benzene rings is 1. The van der Waals surface area contributed by atoms with Crippen LogP contribution in [0, 0.1) is 0 Å². The number of nitrogens with zero attached hydrogens (tertiary/aromatic N) is 3. The average Bonchev–Trinajstić information content (AvgIpc) is 2.62. The van der Waals surface area contributed by atoms with Gasteiger partial charge < -0.3 is 14.8 Å². The van der Waals surface area contributed by atoms with Gasteiger partial charge in [0, 0.05) is 30.1 Å². The van der Waals surface area contributed by atoms with Gasteiger partial charge in [0.2, 0.25) is 0 Å². The summed E-state index contributed by atoms with van der Waals surface area (Å²) in [6, 6.07) is 10.8. The van der Waals surface area contributed by atoms with Gasteiger partial charge in [0.1, 0.15) is 22.5 Å². The maximum absolute atomic E-state index is 6.13. The quantitative estimate of drug-likeness (QED) is 0.708. The second-order valence-electron chi connectivity index (χ2n) is 4.83. The first kappa shape index (κ1) is 16.0. The van der Waals surface area contributed by atoms with Crippen molar-refractivity contribution in [1.29, 1.82) is 0 Å². The van der Waals surface area contributed by atoms with Crippen LogP contribution in [0.4, 0.5) is 11.5 Å². The third-order valence-corrected chi connectivity index (χ3v) is 3.48. The fourth-order valence-electron chi connectivity index (χ4n) is 2.16. The number of nitrogens with one attached hydrogen (secondary N) is 1. The number of halogens is 1. The second-order valence-corrected chi connectivity index (χ2v) is 5.22. The molecule has 0 spiro atoms. The second kappa shape index (κ2) is 7.14. The average molecular weight is 343 g/mol. The summed E-state index contributed by atoms with van der Waals surface area (Å²) < 4.78 is 10.6. The molecule has 0 aliphatic heterocycles. The lowest BCUT2D eigenvalue weighted by molar-refractivity contribution is 0.405. The van der Waals surface area contributed by atoms with Crippen molar-refractivity contribution in [3.05, 3.63) is 53.9 Å². The zero-order valence-electron chi connectivity index (χ0n) is 13.2. The van der Waals surface area contributed by atoms with Gasteiger partial charge in [-0.2, -0.15) is 0 Å². The number of rotatable bonds is 5. The molecule has 0 aliphatic carbocycles. The summed E-state index contributed by atoms with van der Waals surface area (Å²) in [5.41, 5.74) is 1.49. The molecular formula is C17H15ClN4O2. The highest BCUT2D eigenvalue weighted by atomic mass is 35.5. The maximum atomic E-state index is 6.13. The highest BCUT2D eigenvalue weighted by molar-refractivity contribution is 6.29. The van der Waals surface area contributed by atoms with Gasteiger partial charge in [-0.25, -0.2) is 9.97 Å². The smallest absolute Gasteiger partial charge is 0.164 e. The van der Waals surface area contributed by atoms with Crippen LogP contribution in [-0.4, -0.2) is 29.2 Å². The lowest BCUT2D eigenvalue weighted by Crippen LogP contribution is -2.00. The van der Waals surface area contributed by atoms with Crippen LogP contribution in [-0.2, 0) is 0 Å².